The number of benzene rings is 1. The zero-order valence-electron chi connectivity index (χ0n) is 11.0. The maximum atomic E-state index is 13.3. The van der Waals surface area contributed by atoms with E-state index in [1.807, 2.05) is 12.1 Å². The molecule has 1 nitrogen and oxygen atoms in total. The molecule has 1 saturated carbocycles. The van der Waals surface area contributed by atoms with Crippen molar-refractivity contribution in [2.45, 2.75) is 44.7 Å². The van der Waals surface area contributed by atoms with E-state index in [2.05, 4.69) is 20.8 Å². The van der Waals surface area contributed by atoms with Gasteiger partial charge in [-0.15, -0.1) is 11.6 Å². The lowest BCUT2D eigenvalue weighted by Crippen LogP contribution is -2.37. The molecular weight excluding hydrogens is 329 g/mol. The molecule has 0 saturated heterocycles. The van der Waals surface area contributed by atoms with E-state index in [4.69, 9.17) is 11.6 Å². The van der Waals surface area contributed by atoms with Crippen molar-refractivity contribution in [1.82, 2.24) is 4.90 Å². The predicted molar refractivity (Wildman–Crippen MR) is 82.1 cm³/mol. The van der Waals surface area contributed by atoms with Gasteiger partial charge in [0, 0.05) is 25.0 Å². The van der Waals surface area contributed by atoms with Crippen molar-refractivity contribution >= 4 is 27.5 Å². The van der Waals surface area contributed by atoms with Crippen LogP contribution in [0.1, 0.15) is 37.7 Å². The van der Waals surface area contributed by atoms with Crippen LogP contribution in [0.3, 0.4) is 0 Å². The number of hydrogen-bond donors (Lipinski definition) is 0. The standard InChI is InChI=1S/C15H20BrClFN/c16-14-10-12(6-7-15(14)18)11-19(9-8-17)13-4-2-1-3-5-13/h6-7,10,13H,1-5,8-9,11H2. The highest BCUT2D eigenvalue weighted by Crippen LogP contribution is 2.25. The first-order valence-electron chi connectivity index (χ1n) is 6.94. The summed E-state index contributed by atoms with van der Waals surface area (Å²) in [6.07, 6.45) is 6.51. The van der Waals surface area contributed by atoms with E-state index in [1.54, 1.807) is 0 Å². The Bertz CT molecular complexity index is 407. The molecule has 0 radical (unpaired) electrons. The molecule has 0 N–H and O–H groups in total. The Morgan fingerprint density at radius 1 is 1.26 bits per heavy atom. The lowest BCUT2D eigenvalue weighted by Gasteiger charge is -2.34. The first-order valence-corrected chi connectivity index (χ1v) is 8.27. The number of hydrogen-bond acceptors (Lipinski definition) is 1. The molecule has 1 aliphatic carbocycles. The molecule has 0 aliphatic heterocycles. The first-order chi connectivity index (χ1) is 9.20. The van der Waals surface area contributed by atoms with E-state index < -0.39 is 0 Å². The van der Waals surface area contributed by atoms with Crippen molar-refractivity contribution < 1.29 is 4.39 Å². The summed E-state index contributed by atoms with van der Waals surface area (Å²) in [4.78, 5) is 2.45. The summed E-state index contributed by atoms with van der Waals surface area (Å²) in [5.74, 6) is 0.448. The second-order valence-electron chi connectivity index (χ2n) is 5.20. The zero-order chi connectivity index (χ0) is 13.7. The van der Waals surface area contributed by atoms with E-state index in [0.29, 0.717) is 16.4 Å². The van der Waals surface area contributed by atoms with Crippen molar-refractivity contribution in [3.63, 3.8) is 0 Å². The Balaban J connectivity index is 2.04. The van der Waals surface area contributed by atoms with Gasteiger partial charge in [-0.3, -0.25) is 4.90 Å². The highest BCUT2D eigenvalue weighted by atomic mass is 79.9. The Morgan fingerprint density at radius 2 is 2.00 bits per heavy atom. The van der Waals surface area contributed by atoms with Gasteiger partial charge in [-0.05, 0) is 46.5 Å². The molecule has 0 amide bonds. The lowest BCUT2D eigenvalue weighted by atomic mass is 9.94. The van der Waals surface area contributed by atoms with Crippen LogP contribution in [0.25, 0.3) is 0 Å². The Labute approximate surface area is 128 Å². The molecule has 2 rings (SSSR count). The van der Waals surface area contributed by atoms with Gasteiger partial charge < -0.3 is 0 Å². The van der Waals surface area contributed by atoms with Crippen LogP contribution in [0.4, 0.5) is 4.39 Å². The minimum Gasteiger partial charge on any atom is -0.295 e. The van der Waals surface area contributed by atoms with Gasteiger partial charge in [0.05, 0.1) is 4.47 Å². The third-order valence-electron chi connectivity index (χ3n) is 3.83. The molecule has 4 heteroatoms. The van der Waals surface area contributed by atoms with Gasteiger partial charge in [0.15, 0.2) is 0 Å². The number of halogens is 3. The van der Waals surface area contributed by atoms with Gasteiger partial charge >= 0.3 is 0 Å². The summed E-state index contributed by atoms with van der Waals surface area (Å²) >= 11 is 9.18. The monoisotopic (exact) mass is 347 g/mol. The summed E-state index contributed by atoms with van der Waals surface area (Å²) in [7, 11) is 0. The first kappa shape index (κ1) is 15.3. The van der Waals surface area contributed by atoms with E-state index in [0.717, 1.165) is 18.7 Å². The third-order valence-corrected chi connectivity index (χ3v) is 4.61. The van der Waals surface area contributed by atoms with E-state index in [-0.39, 0.29) is 5.82 Å². The Morgan fingerprint density at radius 3 is 2.63 bits per heavy atom. The quantitative estimate of drug-likeness (QED) is 0.680. The molecule has 0 unspecified atom stereocenters. The summed E-state index contributed by atoms with van der Waals surface area (Å²) in [5, 5.41) is 0. The number of rotatable bonds is 5. The maximum absolute atomic E-state index is 13.3. The van der Waals surface area contributed by atoms with Gasteiger partial charge in [0.1, 0.15) is 5.82 Å². The van der Waals surface area contributed by atoms with Gasteiger partial charge in [0.2, 0.25) is 0 Å². The fraction of sp³-hybridized carbons (Fsp3) is 0.600. The van der Waals surface area contributed by atoms with E-state index in [1.165, 1.54) is 38.2 Å². The molecule has 1 aromatic carbocycles. The van der Waals surface area contributed by atoms with Crippen molar-refractivity contribution in [2.24, 2.45) is 0 Å². The molecule has 19 heavy (non-hydrogen) atoms. The second-order valence-corrected chi connectivity index (χ2v) is 6.43. The smallest absolute Gasteiger partial charge is 0.137 e. The SMILES string of the molecule is Fc1ccc(CN(CCCl)C2CCCCC2)cc1Br. The van der Waals surface area contributed by atoms with Gasteiger partial charge in [-0.25, -0.2) is 4.39 Å². The molecule has 0 heterocycles. The molecule has 1 fully saturated rings. The molecule has 106 valence electrons. The average molecular weight is 349 g/mol. The summed E-state index contributed by atoms with van der Waals surface area (Å²) in [5.41, 5.74) is 1.14. The van der Waals surface area contributed by atoms with Crippen LogP contribution in [0.5, 0.6) is 0 Å². The van der Waals surface area contributed by atoms with Crippen molar-refractivity contribution in [3.05, 3.63) is 34.1 Å². The van der Waals surface area contributed by atoms with Gasteiger partial charge in [-0.2, -0.15) is 0 Å². The molecule has 0 aromatic heterocycles. The Kier molecular flexibility index (Phi) is 6.11. The largest absolute Gasteiger partial charge is 0.295 e. The van der Waals surface area contributed by atoms with Crippen LogP contribution in [0, 0.1) is 5.82 Å². The normalized spacial score (nSPS) is 17.1. The fourth-order valence-corrected chi connectivity index (χ4v) is 3.46. The van der Waals surface area contributed by atoms with Crippen molar-refractivity contribution in [3.8, 4) is 0 Å². The van der Waals surface area contributed by atoms with E-state index >= 15 is 0 Å². The fourth-order valence-electron chi connectivity index (χ4n) is 2.82. The molecule has 1 aromatic rings. The molecule has 0 atom stereocenters. The predicted octanol–water partition coefficient (Wildman–Crippen LogP) is 4.96. The average Bonchev–Trinajstić information content (AvgIpc) is 2.43. The van der Waals surface area contributed by atoms with E-state index in [9.17, 15) is 4.39 Å². The van der Waals surface area contributed by atoms with Gasteiger partial charge in [0.25, 0.3) is 0 Å². The van der Waals surface area contributed by atoms with Crippen LogP contribution in [0.15, 0.2) is 22.7 Å². The van der Waals surface area contributed by atoms with Gasteiger partial charge in [-0.1, -0.05) is 25.3 Å². The second kappa shape index (κ2) is 7.61. The lowest BCUT2D eigenvalue weighted by molar-refractivity contribution is 0.157. The Hall–Kier alpha value is -0.120. The summed E-state index contributed by atoms with van der Waals surface area (Å²) in [6.45, 7) is 1.76. The highest BCUT2D eigenvalue weighted by molar-refractivity contribution is 9.10. The summed E-state index contributed by atoms with van der Waals surface area (Å²) in [6, 6.07) is 5.90. The molecule has 0 spiro atoms. The van der Waals surface area contributed by atoms with Crippen LogP contribution in [0.2, 0.25) is 0 Å². The third kappa shape index (κ3) is 4.44. The highest BCUT2D eigenvalue weighted by Gasteiger charge is 2.20. The van der Waals surface area contributed by atoms with Crippen molar-refractivity contribution in [1.29, 1.82) is 0 Å². The van der Waals surface area contributed by atoms with Crippen LogP contribution >= 0.6 is 27.5 Å². The molecule has 1 aliphatic rings. The number of alkyl halides is 1. The molecular formula is C15H20BrClFN. The van der Waals surface area contributed by atoms with Crippen LogP contribution in [-0.2, 0) is 6.54 Å². The molecule has 0 bridgehead atoms. The summed E-state index contributed by atoms with van der Waals surface area (Å²) < 4.78 is 13.8. The minimum atomic E-state index is -0.203. The maximum Gasteiger partial charge on any atom is 0.137 e. The van der Waals surface area contributed by atoms with Crippen molar-refractivity contribution in [2.75, 3.05) is 12.4 Å². The van der Waals surface area contributed by atoms with Crippen LogP contribution in [-0.4, -0.2) is 23.4 Å². The minimum absolute atomic E-state index is 0.203. The number of nitrogens with zero attached hydrogens (tertiary/aromatic N) is 1. The zero-order valence-corrected chi connectivity index (χ0v) is 13.4. The topological polar surface area (TPSA) is 3.24 Å². The van der Waals surface area contributed by atoms with Crippen LogP contribution < -0.4 is 0 Å².